The lowest BCUT2D eigenvalue weighted by Gasteiger charge is -2.16. The number of nitrogens with zero attached hydrogens (tertiary/aromatic N) is 2. The van der Waals surface area contributed by atoms with Gasteiger partial charge < -0.3 is 4.74 Å². The van der Waals surface area contributed by atoms with E-state index in [-0.39, 0.29) is 5.91 Å². The average molecular weight is 278 g/mol. The summed E-state index contributed by atoms with van der Waals surface area (Å²) in [4.78, 5) is 17.7. The second-order valence-electron chi connectivity index (χ2n) is 5.27. The van der Waals surface area contributed by atoms with Gasteiger partial charge in [0, 0.05) is 25.9 Å². The van der Waals surface area contributed by atoms with Gasteiger partial charge in [-0.05, 0) is 37.9 Å². The predicted octanol–water partition coefficient (Wildman–Crippen LogP) is 0.544. The van der Waals surface area contributed by atoms with Gasteiger partial charge in [-0.2, -0.15) is 0 Å². The smallest absolute Gasteiger partial charge is 0.266 e. The first-order valence-electron chi connectivity index (χ1n) is 6.91. The molecule has 1 aromatic rings. The van der Waals surface area contributed by atoms with Crippen LogP contribution in [0, 0.1) is 5.92 Å². The van der Waals surface area contributed by atoms with Crippen molar-refractivity contribution in [1.29, 1.82) is 0 Å². The number of hydrogen-bond donors (Lipinski definition) is 2. The zero-order chi connectivity index (χ0) is 14.4. The number of likely N-dealkylation sites (N-methyl/N-ethyl adjacent to an activating group) is 1. The Hall–Kier alpha value is -1.50. The van der Waals surface area contributed by atoms with Crippen LogP contribution in [0.3, 0.4) is 0 Å². The van der Waals surface area contributed by atoms with Crippen molar-refractivity contribution in [2.45, 2.75) is 19.4 Å². The zero-order valence-electron chi connectivity index (χ0n) is 11.8. The van der Waals surface area contributed by atoms with E-state index in [2.05, 4.69) is 15.3 Å². The van der Waals surface area contributed by atoms with Crippen molar-refractivity contribution in [3.63, 3.8) is 0 Å². The molecule has 1 aliphatic rings. The van der Waals surface area contributed by atoms with Gasteiger partial charge in [-0.15, -0.1) is 0 Å². The first-order chi connectivity index (χ1) is 9.69. The van der Waals surface area contributed by atoms with Crippen molar-refractivity contribution in [1.82, 2.24) is 15.3 Å². The highest BCUT2D eigenvalue weighted by molar-refractivity contribution is 5.93. The summed E-state index contributed by atoms with van der Waals surface area (Å²) in [5, 5.41) is 0. The number of carbonyl (C=O) groups is 1. The molecule has 1 heterocycles. The number of ether oxygens (including phenoxy) is 1. The Kier molecular flexibility index (Phi) is 5.46. The fraction of sp³-hybridized carbons (Fsp3) is 0.571. The molecule has 20 heavy (non-hydrogen) atoms. The molecule has 0 radical (unpaired) electrons. The molecule has 0 unspecified atom stereocenters. The van der Waals surface area contributed by atoms with Crippen LogP contribution in [-0.2, 0) is 11.3 Å². The van der Waals surface area contributed by atoms with Gasteiger partial charge in [0.25, 0.3) is 5.91 Å². The number of nitrogens with one attached hydrogen (secondary N) is 1. The van der Waals surface area contributed by atoms with Gasteiger partial charge in [0.1, 0.15) is 0 Å². The minimum Gasteiger partial charge on any atom is -0.380 e. The third-order valence-corrected chi connectivity index (χ3v) is 3.32. The van der Waals surface area contributed by atoms with Crippen molar-refractivity contribution < 1.29 is 9.53 Å². The third-order valence-electron chi connectivity index (χ3n) is 3.32. The Labute approximate surface area is 119 Å². The molecule has 3 N–H and O–H groups in total. The summed E-state index contributed by atoms with van der Waals surface area (Å²) in [5.41, 5.74) is 3.47. The first-order valence-corrected chi connectivity index (χ1v) is 6.91. The normalized spacial score (nSPS) is 14.6. The molecule has 0 spiro atoms. The fourth-order valence-corrected chi connectivity index (χ4v) is 1.85. The highest BCUT2D eigenvalue weighted by Gasteiger charge is 2.20. The number of carbonyl (C=O) groups excluding carboxylic acids is 1. The van der Waals surface area contributed by atoms with Crippen LogP contribution >= 0.6 is 0 Å². The number of nitrogens with two attached hydrogens (primary N) is 1. The molecule has 110 valence electrons. The van der Waals surface area contributed by atoms with Crippen LogP contribution in [0.25, 0.3) is 0 Å². The molecule has 1 amide bonds. The second-order valence-corrected chi connectivity index (χ2v) is 5.27. The Morgan fingerprint density at radius 1 is 1.55 bits per heavy atom. The summed E-state index contributed by atoms with van der Waals surface area (Å²) in [6.07, 6.45) is 4.18. The third kappa shape index (κ3) is 4.88. The minimum absolute atomic E-state index is 0.328. The van der Waals surface area contributed by atoms with Gasteiger partial charge in [0.2, 0.25) is 0 Å². The Morgan fingerprint density at radius 3 is 2.95 bits per heavy atom. The van der Waals surface area contributed by atoms with Crippen molar-refractivity contribution in [2.75, 3.05) is 26.8 Å². The molecule has 6 nitrogen and oxygen atoms in total. The van der Waals surface area contributed by atoms with E-state index >= 15 is 0 Å². The number of nitrogen functional groups attached to an aromatic ring is 1. The van der Waals surface area contributed by atoms with E-state index in [0.29, 0.717) is 5.56 Å². The quantitative estimate of drug-likeness (QED) is 0.314. The fourth-order valence-electron chi connectivity index (χ4n) is 1.85. The first kappa shape index (κ1) is 14.9. The van der Waals surface area contributed by atoms with Crippen LogP contribution in [0.15, 0.2) is 18.3 Å². The Morgan fingerprint density at radius 2 is 2.35 bits per heavy atom. The second kappa shape index (κ2) is 7.33. The van der Waals surface area contributed by atoms with E-state index < -0.39 is 0 Å². The molecule has 0 aromatic carbocycles. The highest BCUT2D eigenvalue weighted by Crippen LogP contribution is 2.28. The molecule has 6 heteroatoms. The van der Waals surface area contributed by atoms with E-state index in [0.717, 1.165) is 37.9 Å². The summed E-state index contributed by atoms with van der Waals surface area (Å²) in [7, 11) is 2.03. The van der Waals surface area contributed by atoms with Crippen LogP contribution < -0.4 is 11.3 Å². The van der Waals surface area contributed by atoms with Crippen molar-refractivity contribution in [2.24, 2.45) is 11.8 Å². The maximum atomic E-state index is 11.3. The monoisotopic (exact) mass is 278 g/mol. The van der Waals surface area contributed by atoms with Gasteiger partial charge in [0.05, 0.1) is 17.9 Å². The number of hydrazine groups is 1. The van der Waals surface area contributed by atoms with Crippen LogP contribution in [0.4, 0.5) is 0 Å². The molecule has 0 aliphatic heterocycles. The molecule has 1 aliphatic carbocycles. The molecule has 1 fully saturated rings. The molecule has 2 rings (SSSR count). The van der Waals surface area contributed by atoms with Crippen LogP contribution in [-0.4, -0.2) is 42.6 Å². The van der Waals surface area contributed by atoms with Crippen LogP contribution in [0.5, 0.6) is 0 Å². The van der Waals surface area contributed by atoms with Crippen molar-refractivity contribution in [3.8, 4) is 0 Å². The summed E-state index contributed by atoms with van der Waals surface area (Å²) in [6.45, 7) is 3.26. The molecule has 0 saturated heterocycles. The lowest BCUT2D eigenvalue weighted by molar-refractivity contribution is 0.0953. The van der Waals surface area contributed by atoms with Gasteiger partial charge in [-0.1, -0.05) is 0 Å². The standard InChI is InChI=1S/C14H22N4O2/c1-18(6-7-20-10-11-2-3-11)9-13-5-4-12(8-16-13)14(19)17-15/h4-5,8,11H,2-3,6-7,9-10,15H2,1H3,(H,17,19). The van der Waals surface area contributed by atoms with Gasteiger partial charge in [-0.3, -0.25) is 20.1 Å². The highest BCUT2D eigenvalue weighted by atomic mass is 16.5. The van der Waals surface area contributed by atoms with Crippen molar-refractivity contribution >= 4 is 5.91 Å². The molecule has 1 saturated carbocycles. The van der Waals surface area contributed by atoms with Gasteiger partial charge in [0.15, 0.2) is 0 Å². The molecule has 1 aromatic heterocycles. The van der Waals surface area contributed by atoms with Gasteiger partial charge >= 0.3 is 0 Å². The molecular formula is C14H22N4O2. The van der Waals surface area contributed by atoms with Gasteiger partial charge in [-0.25, -0.2) is 5.84 Å². The number of pyridine rings is 1. The van der Waals surface area contributed by atoms with Crippen LogP contribution in [0.2, 0.25) is 0 Å². The van der Waals surface area contributed by atoms with Crippen molar-refractivity contribution in [3.05, 3.63) is 29.6 Å². The molecule has 0 atom stereocenters. The number of aromatic nitrogens is 1. The van der Waals surface area contributed by atoms with E-state index in [1.54, 1.807) is 6.07 Å². The summed E-state index contributed by atoms with van der Waals surface area (Å²) in [5.74, 6) is 5.55. The largest absolute Gasteiger partial charge is 0.380 e. The lowest BCUT2D eigenvalue weighted by atomic mass is 10.2. The minimum atomic E-state index is -0.328. The topological polar surface area (TPSA) is 80.5 Å². The average Bonchev–Trinajstić information content (AvgIpc) is 3.28. The SMILES string of the molecule is CN(CCOCC1CC1)Cc1ccc(C(=O)NN)cn1. The van der Waals surface area contributed by atoms with E-state index in [9.17, 15) is 4.79 Å². The Bertz CT molecular complexity index is 431. The number of hydrogen-bond acceptors (Lipinski definition) is 5. The Balaban J connectivity index is 1.69. The predicted molar refractivity (Wildman–Crippen MR) is 75.8 cm³/mol. The molecular weight excluding hydrogens is 256 g/mol. The van der Waals surface area contributed by atoms with Crippen LogP contribution in [0.1, 0.15) is 28.9 Å². The maximum absolute atomic E-state index is 11.3. The maximum Gasteiger partial charge on any atom is 0.266 e. The lowest BCUT2D eigenvalue weighted by Crippen LogP contribution is -2.30. The molecule has 0 bridgehead atoms. The zero-order valence-corrected chi connectivity index (χ0v) is 11.8. The summed E-state index contributed by atoms with van der Waals surface area (Å²) in [6, 6.07) is 3.56. The number of rotatable bonds is 8. The van der Waals surface area contributed by atoms with E-state index in [4.69, 9.17) is 10.6 Å². The summed E-state index contributed by atoms with van der Waals surface area (Å²) >= 11 is 0. The van der Waals surface area contributed by atoms with E-state index in [1.165, 1.54) is 19.0 Å². The van der Waals surface area contributed by atoms with E-state index in [1.807, 2.05) is 13.1 Å². The number of amides is 1. The summed E-state index contributed by atoms with van der Waals surface area (Å²) < 4.78 is 5.60.